The van der Waals surface area contributed by atoms with Crippen molar-refractivity contribution >= 4 is 17.3 Å². The molecule has 6 heteroatoms. The average Bonchev–Trinajstić information content (AvgIpc) is 3.30. The highest BCUT2D eigenvalue weighted by Crippen LogP contribution is 2.26. The number of hydrogen-bond acceptors (Lipinski definition) is 4. The molecule has 2 aliphatic rings. The normalized spacial score (nSPS) is 22.7. The smallest absolute Gasteiger partial charge is 0.191 e. The molecule has 1 aromatic rings. The van der Waals surface area contributed by atoms with Gasteiger partial charge in [-0.15, -0.1) is 11.3 Å². The van der Waals surface area contributed by atoms with Gasteiger partial charge in [0.1, 0.15) is 0 Å². The van der Waals surface area contributed by atoms with Crippen molar-refractivity contribution in [2.24, 2.45) is 10.9 Å². The summed E-state index contributed by atoms with van der Waals surface area (Å²) in [6.07, 6.45) is 7.99. The zero-order valence-corrected chi connectivity index (χ0v) is 16.8. The molecular formula is C19H33N5S. The second-order valence-corrected chi connectivity index (χ2v) is 8.82. The van der Waals surface area contributed by atoms with Crippen molar-refractivity contribution in [2.45, 2.75) is 58.4 Å². The summed E-state index contributed by atoms with van der Waals surface area (Å²) < 4.78 is 0. The van der Waals surface area contributed by atoms with Crippen molar-refractivity contribution in [3.05, 3.63) is 15.6 Å². The SMILES string of the molecule is CN=C(NCCc1sc(C)nc1C)NC1CCN(CC2CCCC2)C1. The Hall–Kier alpha value is -1.14. The summed E-state index contributed by atoms with van der Waals surface area (Å²) in [7, 11) is 1.86. The highest BCUT2D eigenvalue weighted by molar-refractivity contribution is 7.11. The maximum absolute atomic E-state index is 4.50. The number of guanidine groups is 1. The van der Waals surface area contributed by atoms with Gasteiger partial charge >= 0.3 is 0 Å². The number of nitrogens with zero attached hydrogens (tertiary/aromatic N) is 3. The second-order valence-electron chi connectivity index (χ2n) is 7.53. The number of aryl methyl sites for hydroxylation is 2. The van der Waals surface area contributed by atoms with E-state index in [0.717, 1.165) is 36.4 Å². The van der Waals surface area contributed by atoms with Gasteiger partial charge in [0.25, 0.3) is 0 Å². The molecule has 1 saturated heterocycles. The van der Waals surface area contributed by atoms with E-state index in [1.54, 1.807) is 11.3 Å². The van der Waals surface area contributed by atoms with Crippen LogP contribution in [0.25, 0.3) is 0 Å². The molecular weight excluding hydrogens is 330 g/mol. The summed E-state index contributed by atoms with van der Waals surface area (Å²) >= 11 is 1.80. The molecule has 1 aromatic heterocycles. The standard InChI is InChI=1S/C19H33N5S/c1-14-18(25-15(2)22-14)8-10-21-19(20-3)23-17-9-11-24(13-17)12-16-6-4-5-7-16/h16-17H,4-13H2,1-3H3,(H2,20,21,23). The van der Waals surface area contributed by atoms with Crippen LogP contribution in [0, 0.1) is 19.8 Å². The van der Waals surface area contributed by atoms with Crippen LogP contribution >= 0.6 is 11.3 Å². The van der Waals surface area contributed by atoms with Crippen LogP contribution < -0.4 is 10.6 Å². The lowest BCUT2D eigenvalue weighted by molar-refractivity contribution is 0.275. The molecule has 1 atom stereocenters. The Morgan fingerprint density at radius 2 is 2.08 bits per heavy atom. The molecule has 2 heterocycles. The maximum Gasteiger partial charge on any atom is 0.191 e. The fourth-order valence-electron chi connectivity index (χ4n) is 4.16. The largest absolute Gasteiger partial charge is 0.356 e. The molecule has 2 fully saturated rings. The first-order valence-electron chi connectivity index (χ1n) is 9.76. The van der Waals surface area contributed by atoms with Gasteiger partial charge in [0.05, 0.1) is 10.7 Å². The minimum absolute atomic E-state index is 0.528. The molecule has 3 rings (SSSR count). The Morgan fingerprint density at radius 3 is 2.76 bits per heavy atom. The van der Waals surface area contributed by atoms with E-state index in [-0.39, 0.29) is 0 Å². The number of rotatable bonds is 6. The van der Waals surface area contributed by atoms with Gasteiger partial charge in [-0.1, -0.05) is 12.8 Å². The number of hydrogen-bond donors (Lipinski definition) is 2. The van der Waals surface area contributed by atoms with Crippen LogP contribution in [-0.2, 0) is 6.42 Å². The first kappa shape index (κ1) is 18.6. The Labute approximate surface area is 156 Å². The third kappa shape index (κ3) is 5.42. The van der Waals surface area contributed by atoms with Crippen LogP contribution in [0.4, 0.5) is 0 Å². The van der Waals surface area contributed by atoms with Crippen LogP contribution in [0.2, 0.25) is 0 Å². The van der Waals surface area contributed by atoms with Crippen molar-refractivity contribution in [3.63, 3.8) is 0 Å². The lowest BCUT2D eigenvalue weighted by Crippen LogP contribution is -2.45. The highest BCUT2D eigenvalue weighted by Gasteiger charge is 2.26. The van der Waals surface area contributed by atoms with Crippen LogP contribution in [0.5, 0.6) is 0 Å². The zero-order valence-electron chi connectivity index (χ0n) is 16.0. The molecule has 0 amide bonds. The Balaban J connectivity index is 1.38. The molecule has 1 unspecified atom stereocenters. The number of nitrogens with one attached hydrogen (secondary N) is 2. The van der Waals surface area contributed by atoms with Gasteiger partial charge in [-0.25, -0.2) is 4.98 Å². The van der Waals surface area contributed by atoms with E-state index in [1.165, 1.54) is 55.8 Å². The van der Waals surface area contributed by atoms with Crippen LogP contribution in [-0.4, -0.2) is 55.1 Å². The summed E-state index contributed by atoms with van der Waals surface area (Å²) in [5.74, 6) is 1.88. The van der Waals surface area contributed by atoms with Crippen molar-refractivity contribution in [2.75, 3.05) is 33.2 Å². The van der Waals surface area contributed by atoms with E-state index in [1.807, 2.05) is 7.05 Å². The van der Waals surface area contributed by atoms with Crippen molar-refractivity contribution < 1.29 is 0 Å². The molecule has 0 bridgehead atoms. The average molecular weight is 364 g/mol. The van der Waals surface area contributed by atoms with E-state index >= 15 is 0 Å². The fourth-order valence-corrected chi connectivity index (χ4v) is 5.10. The molecule has 5 nitrogen and oxygen atoms in total. The zero-order chi connectivity index (χ0) is 17.6. The first-order valence-corrected chi connectivity index (χ1v) is 10.6. The fraction of sp³-hybridized carbons (Fsp3) is 0.789. The monoisotopic (exact) mass is 363 g/mol. The second kappa shape index (κ2) is 8.99. The third-order valence-electron chi connectivity index (χ3n) is 5.47. The highest BCUT2D eigenvalue weighted by atomic mass is 32.1. The number of likely N-dealkylation sites (tertiary alicyclic amines) is 1. The molecule has 1 aliphatic carbocycles. The summed E-state index contributed by atoms with van der Waals surface area (Å²) in [4.78, 5) is 12.9. The van der Waals surface area contributed by atoms with Gasteiger partial charge in [-0.3, -0.25) is 4.99 Å². The Morgan fingerprint density at radius 1 is 1.28 bits per heavy atom. The molecule has 140 valence electrons. The molecule has 1 aliphatic heterocycles. The topological polar surface area (TPSA) is 52.6 Å². The molecule has 1 saturated carbocycles. The number of thiazole rings is 1. The summed E-state index contributed by atoms with van der Waals surface area (Å²) in [5.41, 5.74) is 1.17. The van der Waals surface area contributed by atoms with Gasteiger partial charge in [-0.05, 0) is 39.0 Å². The first-order chi connectivity index (χ1) is 12.1. The van der Waals surface area contributed by atoms with Crippen molar-refractivity contribution in [3.8, 4) is 0 Å². The quantitative estimate of drug-likeness (QED) is 0.603. The minimum Gasteiger partial charge on any atom is -0.356 e. The van der Waals surface area contributed by atoms with Gasteiger partial charge < -0.3 is 15.5 Å². The van der Waals surface area contributed by atoms with E-state index < -0.39 is 0 Å². The summed E-state index contributed by atoms with van der Waals surface area (Å²) in [6.45, 7) is 8.76. The van der Waals surface area contributed by atoms with Crippen LogP contribution in [0.3, 0.4) is 0 Å². The minimum atomic E-state index is 0.528. The number of aromatic nitrogens is 1. The Bertz CT molecular complexity index is 576. The van der Waals surface area contributed by atoms with Crippen molar-refractivity contribution in [1.82, 2.24) is 20.5 Å². The molecule has 0 aromatic carbocycles. The van der Waals surface area contributed by atoms with E-state index in [9.17, 15) is 0 Å². The predicted octanol–water partition coefficient (Wildman–Crippen LogP) is 2.73. The van der Waals surface area contributed by atoms with E-state index in [4.69, 9.17) is 0 Å². The third-order valence-corrected chi connectivity index (χ3v) is 6.60. The van der Waals surface area contributed by atoms with E-state index in [2.05, 4.69) is 39.4 Å². The van der Waals surface area contributed by atoms with Gasteiger partial charge in [-0.2, -0.15) is 0 Å². The molecule has 25 heavy (non-hydrogen) atoms. The van der Waals surface area contributed by atoms with Gasteiger partial charge in [0, 0.05) is 50.6 Å². The van der Waals surface area contributed by atoms with Crippen LogP contribution in [0.15, 0.2) is 4.99 Å². The summed E-state index contributed by atoms with van der Waals surface area (Å²) in [6, 6.07) is 0.528. The number of aliphatic imine (C=N–C) groups is 1. The molecule has 0 spiro atoms. The lowest BCUT2D eigenvalue weighted by Gasteiger charge is -2.21. The van der Waals surface area contributed by atoms with Crippen LogP contribution in [0.1, 0.15) is 47.7 Å². The van der Waals surface area contributed by atoms with Gasteiger partial charge in [0.2, 0.25) is 0 Å². The maximum atomic E-state index is 4.50. The predicted molar refractivity (Wildman–Crippen MR) is 107 cm³/mol. The van der Waals surface area contributed by atoms with Gasteiger partial charge in [0.15, 0.2) is 5.96 Å². The lowest BCUT2D eigenvalue weighted by atomic mass is 10.1. The summed E-state index contributed by atoms with van der Waals surface area (Å²) in [5, 5.41) is 8.24. The molecule has 2 N–H and O–H groups in total. The van der Waals surface area contributed by atoms with E-state index in [0.29, 0.717) is 6.04 Å². The molecule has 0 radical (unpaired) electrons. The Kier molecular flexibility index (Phi) is 6.70. The van der Waals surface area contributed by atoms with Crippen molar-refractivity contribution in [1.29, 1.82) is 0 Å².